The van der Waals surface area contributed by atoms with Crippen LogP contribution < -0.4 is 5.32 Å². The first-order valence-corrected chi connectivity index (χ1v) is 8.43. The summed E-state index contributed by atoms with van der Waals surface area (Å²) in [6.07, 6.45) is 6.45. The fourth-order valence-electron chi connectivity index (χ4n) is 3.44. The second kappa shape index (κ2) is 6.16. The van der Waals surface area contributed by atoms with Crippen molar-refractivity contribution in [2.45, 2.75) is 32.2 Å². The van der Waals surface area contributed by atoms with E-state index in [9.17, 15) is 4.79 Å². The first-order chi connectivity index (χ1) is 12.1. The molecule has 25 heavy (non-hydrogen) atoms. The number of hydrogen-bond acceptors (Lipinski definition) is 4. The van der Waals surface area contributed by atoms with Crippen molar-refractivity contribution in [3.63, 3.8) is 0 Å². The molecule has 0 aromatic carbocycles. The number of fused-ring (bicyclic) bond motifs is 1. The van der Waals surface area contributed by atoms with Gasteiger partial charge < -0.3 is 5.32 Å². The molecule has 1 unspecified atom stereocenters. The zero-order chi connectivity index (χ0) is 17.4. The average molecular weight is 336 g/mol. The van der Waals surface area contributed by atoms with Crippen molar-refractivity contribution in [3.05, 3.63) is 59.3 Å². The van der Waals surface area contributed by atoms with E-state index in [4.69, 9.17) is 0 Å². The minimum atomic E-state index is -0.105. The summed E-state index contributed by atoms with van der Waals surface area (Å²) in [6, 6.07) is 7.54. The first-order valence-electron chi connectivity index (χ1n) is 8.43. The van der Waals surface area contributed by atoms with Crippen molar-refractivity contribution in [1.29, 1.82) is 0 Å². The molecule has 3 heterocycles. The number of aromatic nitrogens is 5. The third-order valence-electron chi connectivity index (χ3n) is 4.59. The Kier molecular flexibility index (Phi) is 3.83. The lowest BCUT2D eigenvalue weighted by atomic mass is 9.93. The van der Waals surface area contributed by atoms with E-state index >= 15 is 0 Å². The van der Waals surface area contributed by atoms with Gasteiger partial charge in [-0.1, -0.05) is 6.07 Å². The topological polar surface area (TPSA) is 77.6 Å². The predicted octanol–water partition coefficient (Wildman–Crippen LogP) is 2.12. The molecule has 4 rings (SSSR count). The predicted molar refractivity (Wildman–Crippen MR) is 92.4 cm³/mol. The largest absolute Gasteiger partial charge is 0.344 e. The van der Waals surface area contributed by atoms with Gasteiger partial charge in [-0.25, -0.2) is 9.67 Å². The van der Waals surface area contributed by atoms with Crippen molar-refractivity contribution >= 4 is 5.91 Å². The number of aryl methyl sites for hydroxylation is 2. The second-order valence-corrected chi connectivity index (χ2v) is 6.36. The highest BCUT2D eigenvalue weighted by atomic mass is 16.2. The molecule has 0 aliphatic heterocycles. The first kappa shape index (κ1) is 15.6. The van der Waals surface area contributed by atoms with Crippen LogP contribution in [0.5, 0.6) is 0 Å². The van der Waals surface area contributed by atoms with Crippen molar-refractivity contribution in [3.8, 4) is 5.82 Å². The Hall–Kier alpha value is -2.96. The molecule has 7 heteroatoms. The van der Waals surface area contributed by atoms with Gasteiger partial charge >= 0.3 is 0 Å². The number of rotatable bonds is 3. The summed E-state index contributed by atoms with van der Waals surface area (Å²) in [4.78, 5) is 17.0. The van der Waals surface area contributed by atoms with Gasteiger partial charge in [0, 0.05) is 18.8 Å². The number of pyridine rings is 1. The van der Waals surface area contributed by atoms with Crippen LogP contribution in [0.25, 0.3) is 5.82 Å². The maximum atomic E-state index is 12.6. The Bertz CT molecular complexity index is 911. The van der Waals surface area contributed by atoms with E-state index in [0.717, 1.165) is 42.0 Å². The van der Waals surface area contributed by atoms with E-state index in [1.165, 1.54) is 0 Å². The third kappa shape index (κ3) is 2.82. The van der Waals surface area contributed by atoms with Crippen molar-refractivity contribution in [2.75, 3.05) is 0 Å². The summed E-state index contributed by atoms with van der Waals surface area (Å²) in [5, 5.41) is 11.9. The van der Waals surface area contributed by atoms with Crippen LogP contribution in [0.1, 0.15) is 46.3 Å². The molecule has 1 atom stereocenters. The molecule has 1 N–H and O–H groups in total. The number of amides is 1. The maximum Gasteiger partial charge on any atom is 0.270 e. The van der Waals surface area contributed by atoms with Gasteiger partial charge in [-0.2, -0.15) is 10.2 Å². The Morgan fingerprint density at radius 2 is 2.24 bits per heavy atom. The lowest BCUT2D eigenvalue weighted by molar-refractivity contribution is 0.0923. The monoisotopic (exact) mass is 336 g/mol. The zero-order valence-electron chi connectivity index (χ0n) is 14.3. The Morgan fingerprint density at radius 3 is 2.96 bits per heavy atom. The quantitative estimate of drug-likeness (QED) is 0.795. The maximum absolute atomic E-state index is 12.6. The zero-order valence-corrected chi connectivity index (χ0v) is 14.3. The number of hydrogen-bond donors (Lipinski definition) is 1. The molecule has 0 radical (unpaired) electrons. The lowest BCUT2D eigenvalue weighted by Gasteiger charge is -2.24. The number of nitrogens with one attached hydrogen (secondary N) is 1. The van der Waals surface area contributed by atoms with Crippen LogP contribution in [0.4, 0.5) is 0 Å². The molecule has 3 aromatic rings. The summed E-state index contributed by atoms with van der Waals surface area (Å²) < 4.78 is 3.49. The van der Waals surface area contributed by atoms with Gasteiger partial charge in [0.2, 0.25) is 0 Å². The van der Waals surface area contributed by atoms with Gasteiger partial charge in [0.25, 0.3) is 5.91 Å². The summed E-state index contributed by atoms with van der Waals surface area (Å²) in [5.74, 6) is 0.699. The molecular weight excluding hydrogens is 316 g/mol. The van der Waals surface area contributed by atoms with Gasteiger partial charge in [-0.15, -0.1) is 0 Å². The van der Waals surface area contributed by atoms with Crippen molar-refractivity contribution < 1.29 is 4.79 Å². The minimum absolute atomic E-state index is 0.0380. The smallest absolute Gasteiger partial charge is 0.270 e. The van der Waals surface area contributed by atoms with Crippen molar-refractivity contribution in [1.82, 2.24) is 29.9 Å². The van der Waals surface area contributed by atoms with Gasteiger partial charge in [0.1, 0.15) is 5.69 Å². The Labute approximate surface area is 145 Å². The highest BCUT2D eigenvalue weighted by Crippen LogP contribution is 2.31. The molecule has 1 aliphatic carbocycles. The van der Waals surface area contributed by atoms with Crippen LogP contribution in [-0.4, -0.2) is 30.5 Å². The summed E-state index contributed by atoms with van der Waals surface area (Å²) >= 11 is 0. The lowest BCUT2D eigenvalue weighted by Crippen LogP contribution is -2.32. The summed E-state index contributed by atoms with van der Waals surface area (Å²) in [7, 11) is 1.79. The molecule has 0 fully saturated rings. The number of nitrogens with zero attached hydrogens (tertiary/aromatic N) is 5. The van der Waals surface area contributed by atoms with Crippen molar-refractivity contribution in [2.24, 2.45) is 7.05 Å². The molecule has 0 bridgehead atoms. The normalized spacial score (nSPS) is 16.5. The van der Waals surface area contributed by atoms with Crippen LogP contribution in [0.3, 0.4) is 0 Å². The van der Waals surface area contributed by atoms with Crippen LogP contribution >= 0.6 is 0 Å². The molecule has 3 aromatic heterocycles. The summed E-state index contributed by atoms with van der Waals surface area (Å²) in [5.41, 5.74) is 3.60. The number of carbonyl (C=O) groups excluding carboxylic acids is 1. The standard InChI is InChI=1S/C18H20N6O/c1-12-10-16(23(2)22-12)18(25)21-14-6-5-7-15-13(14)11-20-24(15)17-8-3-4-9-19-17/h3-4,8-11,14H,5-7H2,1-2H3,(H,21,25). The van der Waals surface area contributed by atoms with E-state index in [1.807, 2.05) is 36.0 Å². The molecule has 7 nitrogen and oxygen atoms in total. The van der Waals surface area contributed by atoms with E-state index in [-0.39, 0.29) is 11.9 Å². The fourth-order valence-corrected chi connectivity index (χ4v) is 3.44. The molecular formula is C18H20N6O. The van der Waals surface area contributed by atoms with Crippen LogP contribution in [0.15, 0.2) is 36.7 Å². The molecule has 1 amide bonds. The Morgan fingerprint density at radius 1 is 1.36 bits per heavy atom. The summed E-state index contributed by atoms with van der Waals surface area (Å²) in [6.45, 7) is 1.88. The van der Waals surface area contributed by atoms with Gasteiger partial charge in [-0.05, 0) is 44.4 Å². The Balaban J connectivity index is 1.61. The van der Waals surface area contributed by atoms with E-state index in [0.29, 0.717) is 5.69 Å². The minimum Gasteiger partial charge on any atom is -0.344 e. The van der Waals surface area contributed by atoms with Gasteiger partial charge in [0.15, 0.2) is 5.82 Å². The van der Waals surface area contributed by atoms with E-state index in [1.54, 1.807) is 24.0 Å². The highest BCUT2D eigenvalue weighted by Gasteiger charge is 2.27. The van der Waals surface area contributed by atoms with Crippen LogP contribution in [0, 0.1) is 6.92 Å². The van der Waals surface area contributed by atoms with Gasteiger partial charge in [0.05, 0.1) is 23.6 Å². The molecule has 0 saturated carbocycles. The second-order valence-electron chi connectivity index (χ2n) is 6.36. The molecule has 0 saturated heterocycles. The third-order valence-corrected chi connectivity index (χ3v) is 4.59. The van der Waals surface area contributed by atoms with Crippen LogP contribution in [0.2, 0.25) is 0 Å². The number of carbonyl (C=O) groups is 1. The average Bonchev–Trinajstić information content (AvgIpc) is 3.19. The van der Waals surface area contributed by atoms with Crippen LogP contribution in [-0.2, 0) is 13.5 Å². The van der Waals surface area contributed by atoms with Gasteiger partial charge in [-0.3, -0.25) is 9.48 Å². The highest BCUT2D eigenvalue weighted by molar-refractivity contribution is 5.93. The molecule has 128 valence electrons. The van der Waals surface area contributed by atoms with E-state index < -0.39 is 0 Å². The molecule has 0 spiro atoms. The SMILES string of the molecule is Cc1cc(C(=O)NC2CCCc3c2cnn3-c2ccccn2)n(C)n1. The molecule has 1 aliphatic rings. The van der Waals surface area contributed by atoms with E-state index in [2.05, 4.69) is 20.5 Å². The fraction of sp³-hybridized carbons (Fsp3) is 0.333.